The summed E-state index contributed by atoms with van der Waals surface area (Å²) >= 11 is 0. The van der Waals surface area contributed by atoms with Gasteiger partial charge in [0.05, 0.1) is 5.52 Å². The van der Waals surface area contributed by atoms with Crippen LogP contribution < -0.4 is 10.6 Å². The second kappa shape index (κ2) is 5.78. The highest BCUT2D eigenvalue weighted by atomic mass is 19.1. The van der Waals surface area contributed by atoms with E-state index in [1.165, 1.54) is 12.1 Å². The van der Waals surface area contributed by atoms with E-state index in [0.717, 1.165) is 41.8 Å². The third-order valence-electron chi connectivity index (χ3n) is 2.82. The van der Waals surface area contributed by atoms with Crippen LogP contribution in [0.4, 0.5) is 10.1 Å². The van der Waals surface area contributed by atoms with E-state index in [1.54, 1.807) is 6.07 Å². The fourth-order valence-corrected chi connectivity index (χ4v) is 1.96. The standard InChI is InChI=1S/C14H18FN3/c1-10-8-14(17-7-3-6-16-2)12-9-11(15)4-5-13(12)18-10/h4-5,8-9,16H,3,6-7H2,1-2H3,(H,17,18). The Balaban J connectivity index is 2.27. The third-order valence-corrected chi connectivity index (χ3v) is 2.82. The number of nitrogens with one attached hydrogen (secondary N) is 2. The molecule has 0 bridgehead atoms. The van der Waals surface area contributed by atoms with Gasteiger partial charge in [0.2, 0.25) is 0 Å². The zero-order valence-corrected chi connectivity index (χ0v) is 10.8. The molecule has 2 aromatic rings. The summed E-state index contributed by atoms with van der Waals surface area (Å²) in [5.74, 6) is -0.230. The lowest BCUT2D eigenvalue weighted by molar-refractivity contribution is 0.629. The van der Waals surface area contributed by atoms with Gasteiger partial charge in [0.25, 0.3) is 0 Å². The molecule has 0 aliphatic carbocycles. The summed E-state index contributed by atoms with van der Waals surface area (Å²) in [7, 11) is 1.93. The van der Waals surface area contributed by atoms with E-state index >= 15 is 0 Å². The van der Waals surface area contributed by atoms with E-state index in [1.807, 2.05) is 20.0 Å². The summed E-state index contributed by atoms with van der Waals surface area (Å²) in [6, 6.07) is 6.65. The molecule has 0 aliphatic heterocycles. The number of hydrogen-bond donors (Lipinski definition) is 2. The minimum atomic E-state index is -0.230. The van der Waals surface area contributed by atoms with Crippen molar-refractivity contribution in [3.05, 3.63) is 35.8 Å². The Kier molecular flexibility index (Phi) is 4.10. The topological polar surface area (TPSA) is 37.0 Å². The van der Waals surface area contributed by atoms with Gasteiger partial charge in [0.1, 0.15) is 5.82 Å². The van der Waals surface area contributed by atoms with Gasteiger partial charge < -0.3 is 10.6 Å². The fraction of sp³-hybridized carbons (Fsp3) is 0.357. The quantitative estimate of drug-likeness (QED) is 0.798. The van der Waals surface area contributed by atoms with Crippen LogP contribution >= 0.6 is 0 Å². The predicted molar refractivity (Wildman–Crippen MR) is 73.5 cm³/mol. The van der Waals surface area contributed by atoms with Crippen LogP contribution in [0.2, 0.25) is 0 Å². The molecule has 1 aromatic heterocycles. The van der Waals surface area contributed by atoms with Crippen LogP contribution in [0.25, 0.3) is 10.9 Å². The predicted octanol–water partition coefficient (Wildman–Crippen LogP) is 2.70. The Morgan fingerprint density at radius 3 is 2.83 bits per heavy atom. The van der Waals surface area contributed by atoms with Crippen molar-refractivity contribution in [2.45, 2.75) is 13.3 Å². The van der Waals surface area contributed by atoms with Gasteiger partial charge in [-0.1, -0.05) is 0 Å². The number of aryl methyl sites for hydroxylation is 1. The lowest BCUT2D eigenvalue weighted by atomic mass is 10.1. The van der Waals surface area contributed by atoms with Crippen LogP contribution in [0.5, 0.6) is 0 Å². The molecule has 0 spiro atoms. The van der Waals surface area contributed by atoms with Crippen LogP contribution in [0, 0.1) is 12.7 Å². The van der Waals surface area contributed by atoms with E-state index in [0.29, 0.717) is 0 Å². The monoisotopic (exact) mass is 247 g/mol. The van der Waals surface area contributed by atoms with Gasteiger partial charge in [0.15, 0.2) is 0 Å². The molecule has 1 aromatic carbocycles. The maximum atomic E-state index is 13.3. The molecule has 1 heterocycles. The summed E-state index contributed by atoms with van der Waals surface area (Å²) in [4.78, 5) is 4.40. The van der Waals surface area contributed by atoms with Crippen molar-refractivity contribution >= 4 is 16.6 Å². The van der Waals surface area contributed by atoms with Crippen molar-refractivity contribution in [3.63, 3.8) is 0 Å². The fourth-order valence-electron chi connectivity index (χ4n) is 1.96. The summed E-state index contributed by atoms with van der Waals surface area (Å²) in [6.45, 7) is 3.76. The summed E-state index contributed by atoms with van der Waals surface area (Å²) in [5.41, 5.74) is 2.71. The van der Waals surface area contributed by atoms with Gasteiger partial charge in [-0.3, -0.25) is 4.98 Å². The van der Waals surface area contributed by atoms with Gasteiger partial charge in [-0.25, -0.2) is 4.39 Å². The van der Waals surface area contributed by atoms with Crippen molar-refractivity contribution in [2.75, 3.05) is 25.5 Å². The molecule has 2 N–H and O–H groups in total. The first-order chi connectivity index (χ1) is 8.70. The number of hydrogen-bond acceptors (Lipinski definition) is 3. The van der Waals surface area contributed by atoms with Crippen molar-refractivity contribution in [2.24, 2.45) is 0 Å². The number of benzene rings is 1. The lowest BCUT2D eigenvalue weighted by Gasteiger charge is -2.10. The largest absolute Gasteiger partial charge is 0.384 e. The van der Waals surface area contributed by atoms with Crippen LogP contribution in [0.1, 0.15) is 12.1 Å². The number of anilines is 1. The number of rotatable bonds is 5. The minimum absolute atomic E-state index is 0.230. The molecular weight excluding hydrogens is 229 g/mol. The molecule has 96 valence electrons. The first-order valence-corrected chi connectivity index (χ1v) is 6.16. The molecule has 4 heteroatoms. The molecule has 0 radical (unpaired) electrons. The van der Waals surface area contributed by atoms with Crippen LogP contribution in [0.3, 0.4) is 0 Å². The molecule has 2 rings (SSSR count). The highest BCUT2D eigenvalue weighted by molar-refractivity contribution is 5.91. The number of halogens is 1. The van der Waals surface area contributed by atoms with Crippen LogP contribution in [-0.4, -0.2) is 25.1 Å². The first-order valence-electron chi connectivity index (χ1n) is 6.16. The smallest absolute Gasteiger partial charge is 0.124 e. The Labute approximate surface area is 106 Å². The summed E-state index contributed by atoms with van der Waals surface area (Å²) in [5, 5.41) is 7.28. The second-order valence-corrected chi connectivity index (χ2v) is 4.36. The third kappa shape index (κ3) is 2.96. The Bertz CT molecular complexity index is 540. The highest BCUT2D eigenvalue weighted by Crippen LogP contribution is 2.23. The number of aromatic nitrogens is 1. The minimum Gasteiger partial charge on any atom is -0.384 e. The van der Waals surface area contributed by atoms with Gasteiger partial charge in [-0.2, -0.15) is 0 Å². The Hall–Kier alpha value is -1.68. The average molecular weight is 247 g/mol. The van der Waals surface area contributed by atoms with E-state index < -0.39 is 0 Å². The normalized spacial score (nSPS) is 10.8. The molecule has 0 saturated heterocycles. The Morgan fingerprint density at radius 1 is 1.22 bits per heavy atom. The van der Waals surface area contributed by atoms with Gasteiger partial charge in [-0.05, 0) is 51.2 Å². The molecule has 0 amide bonds. The second-order valence-electron chi connectivity index (χ2n) is 4.36. The number of pyridine rings is 1. The first kappa shape index (κ1) is 12.8. The summed E-state index contributed by atoms with van der Waals surface area (Å²) in [6.07, 6.45) is 1.02. The van der Waals surface area contributed by atoms with Crippen molar-refractivity contribution in [3.8, 4) is 0 Å². The van der Waals surface area contributed by atoms with Crippen molar-refractivity contribution in [1.82, 2.24) is 10.3 Å². The molecule has 0 unspecified atom stereocenters. The maximum absolute atomic E-state index is 13.3. The van der Waals surface area contributed by atoms with Crippen molar-refractivity contribution < 1.29 is 4.39 Å². The van der Waals surface area contributed by atoms with Crippen molar-refractivity contribution in [1.29, 1.82) is 0 Å². The zero-order valence-electron chi connectivity index (χ0n) is 10.8. The van der Waals surface area contributed by atoms with Gasteiger partial charge in [-0.15, -0.1) is 0 Å². The highest BCUT2D eigenvalue weighted by Gasteiger charge is 2.04. The van der Waals surface area contributed by atoms with Gasteiger partial charge in [0, 0.05) is 23.3 Å². The molecule has 18 heavy (non-hydrogen) atoms. The molecule has 0 saturated carbocycles. The SMILES string of the molecule is CNCCCNc1cc(C)nc2ccc(F)cc12. The number of nitrogens with zero attached hydrogens (tertiary/aromatic N) is 1. The van der Waals surface area contributed by atoms with E-state index in [2.05, 4.69) is 15.6 Å². The zero-order chi connectivity index (χ0) is 13.0. The van der Waals surface area contributed by atoms with E-state index in [-0.39, 0.29) is 5.82 Å². The molecule has 0 fully saturated rings. The van der Waals surface area contributed by atoms with Gasteiger partial charge >= 0.3 is 0 Å². The maximum Gasteiger partial charge on any atom is 0.124 e. The summed E-state index contributed by atoms with van der Waals surface area (Å²) < 4.78 is 13.3. The van der Waals surface area contributed by atoms with E-state index in [4.69, 9.17) is 0 Å². The molecular formula is C14H18FN3. The molecule has 3 nitrogen and oxygen atoms in total. The number of fused-ring (bicyclic) bond motifs is 1. The van der Waals surface area contributed by atoms with E-state index in [9.17, 15) is 4.39 Å². The van der Waals surface area contributed by atoms with Crippen LogP contribution in [0.15, 0.2) is 24.3 Å². The average Bonchev–Trinajstić information content (AvgIpc) is 2.35. The lowest BCUT2D eigenvalue weighted by Crippen LogP contribution is -2.13. The molecule has 0 aliphatic rings. The Morgan fingerprint density at radius 2 is 2.06 bits per heavy atom. The van der Waals surface area contributed by atoms with Crippen LogP contribution in [-0.2, 0) is 0 Å². The molecule has 0 atom stereocenters.